The molecule has 0 N–H and O–H groups in total. The van der Waals surface area contributed by atoms with E-state index in [1.807, 2.05) is 44.2 Å². The molecule has 0 unspecified atom stereocenters. The summed E-state index contributed by atoms with van der Waals surface area (Å²) < 4.78 is 16.6. The first-order valence-corrected chi connectivity index (χ1v) is 9.65. The molecule has 0 fully saturated rings. The van der Waals surface area contributed by atoms with Crippen molar-refractivity contribution in [2.75, 3.05) is 26.9 Å². The predicted octanol–water partition coefficient (Wildman–Crippen LogP) is 3.69. The molecule has 0 saturated carbocycles. The van der Waals surface area contributed by atoms with Crippen LogP contribution in [0.2, 0.25) is 0 Å². The Labute approximate surface area is 168 Å². The first-order chi connectivity index (χ1) is 14.0. The number of fused-ring (bicyclic) bond motifs is 2. The Kier molecular flexibility index (Phi) is 5.11. The van der Waals surface area contributed by atoms with Gasteiger partial charge in [0.1, 0.15) is 11.3 Å². The number of hydrogen-bond acceptors (Lipinski definition) is 5. The summed E-state index contributed by atoms with van der Waals surface area (Å²) in [4.78, 5) is 28.2. The third-order valence-corrected chi connectivity index (χ3v) is 5.16. The highest BCUT2D eigenvalue weighted by Gasteiger charge is 2.42. The van der Waals surface area contributed by atoms with Crippen LogP contribution in [0.5, 0.6) is 5.75 Å². The van der Waals surface area contributed by atoms with Crippen molar-refractivity contribution in [3.63, 3.8) is 0 Å². The Hall–Kier alpha value is -3.12. The lowest BCUT2D eigenvalue weighted by atomic mass is 9.98. The van der Waals surface area contributed by atoms with Crippen LogP contribution < -0.4 is 10.2 Å². The Morgan fingerprint density at radius 1 is 1.10 bits per heavy atom. The fraction of sp³-hybridized carbons (Fsp3) is 0.304. The SMILES string of the molecule is CCOc1ccc([C@H]2c3c(oc4ccc(C)cc4c3=O)C(=O)N2CCOC)cc1. The van der Waals surface area contributed by atoms with E-state index < -0.39 is 6.04 Å². The minimum absolute atomic E-state index is 0.112. The van der Waals surface area contributed by atoms with Crippen molar-refractivity contribution in [2.45, 2.75) is 19.9 Å². The summed E-state index contributed by atoms with van der Waals surface area (Å²) in [6.45, 7) is 5.13. The van der Waals surface area contributed by atoms with Crippen LogP contribution in [0.4, 0.5) is 0 Å². The van der Waals surface area contributed by atoms with Gasteiger partial charge in [0.05, 0.1) is 30.2 Å². The summed E-state index contributed by atoms with van der Waals surface area (Å²) in [5, 5.41) is 0.487. The Balaban J connectivity index is 1.90. The third-order valence-electron chi connectivity index (χ3n) is 5.16. The standard InChI is InChI=1S/C23H23NO5/c1-4-28-16-8-6-15(7-9-16)20-19-21(25)17-13-14(2)5-10-18(17)29-22(19)23(26)24(20)11-12-27-3/h5-10,13,20H,4,11-12H2,1-3H3/t20-/m0/s1. The highest BCUT2D eigenvalue weighted by molar-refractivity contribution is 5.99. The number of carbonyl (C=O) groups excluding carboxylic acids is 1. The zero-order valence-corrected chi connectivity index (χ0v) is 16.7. The van der Waals surface area contributed by atoms with Gasteiger partial charge in [-0.25, -0.2) is 0 Å². The summed E-state index contributed by atoms with van der Waals surface area (Å²) in [7, 11) is 1.58. The van der Waals surface area contributed by atoms with Crippen molar-refractivity contribution in [2.24, 2.45) is 0 Å². The number of ether oxygens (including phenoxy) is 2. The lowest BCUT2D eigenvalue weighted by Crippen LogP contribution is -2.32. The van der Waals surface area contributed by atoms with E-state index in [0.29, 0.717) is 36.3 Å². The number of benzene rings is 2. The number of carbonyl (C=O) groups is 1. The molecule has 0 radical (unpaired) electrons. The molecule has 0 bridgehead atoms. The molecule has 3 aromatic rings. The van der Waals surface area contributed by atoms with Crippen LogP contribution in [0.3, 0.4) is 0 Å². The molecule has 29 heavy (non-hydrogen) atoms. The molecule has 1 atom stereocenters. The number of nitrogens with zero attached hydrogens (tertiary/aromatic N) is 1. The maximum Gasteiger partial charge on any atom is 0.290 e. The second-order valence-corrected chi connectivity index (χ2v) is 7.07. The molecule has 6 heteroatoms. The van der Waals surface area contributed by atoms with Gasteiger partial charge in [-0.05, 0) is 43.7 Å². The average Bonchev–Trinajstić information content (AvgIpc) is 3.00. The molecule has 0 spiro atoms. The summed E-state index contributed by atoms with van der Waals surface area (Å²) >= 11 is 0. The molecule has 1 amide bonds. The molecule has 2 aromatic carbocycles. The van der Waals surface area contributed by atoms with Crippen LogP contribution in [0.1, 0.15) is 40.2 Å². The van der Waals surface area contributed by atoms with E-state index in [1.165, 1.54) is 0 Å². The number of amides is 1. The normalized spacial score (nSPS) is 15.8. The molecule has 4 rings (SSSR count). The second kappa shape index (κ2) is 7.72. The van der Waals surface area contributed by atoms with Gasteiger partial charge in [-0.15, -0.1) is 0 Å². The molecule has 1 aromatic heterocycles. The highest BCUT2D eigenvalue weighted by Crippen LogP contribution is 2.38. The quantitative estimate of drug-likeness (QED) is 0.639. The lowest BCUT2D eigenvalue weighted by Gasteiger charge is -2.25. The van der Waals surface area contributed by atoms with Gasteiger partial charge in [0, 0.05) is 13.7 Å². The van der Waals surface area contributed by atoms with E-state index in [4.69, 9.17) is 13.9 Å². The monoisotopic (exact) mass is 393 g/mol. The van der Waals surface area contributed by atoms with Crippen molar-refractivity contribution in [3.8, 4) is 5.75 Å². The minimum atomic E-state index is -0.524. The fourth-order valence-electron chi connectivity index (χ4n) is 3.81. The minimum Gasteiger partial charge on any atom is -0.494 e. The molecule has 1 aliphatic heterocycles. The van der Waals surface area contributed by atoms with Crippen molar-refractivity contribution in [3.05, 3.63) is 75.1 Å². The molecule has 150 valence electrons. The van der Waals surface area contributed by atoms with Gasteiger partial charge in [-0.2, -0.15) is 0 Å². The zero-order valence-electron chi connectivity index (χ0n) is 16.7. The average molecular weight is 393 g/mol. The van der Waals surface area contributed by atoms with Crippen molar-refractivity contribution in [1.82, 2.24) is 4.90 Å². The maximum atomic E-state index is 13.4. The van der Waals surface area contributed by atoms with Gasteiger partial charge in [-0.1, -0.05) is 23.8 Å². The van der Waals surface area contributed by atoms with Crippen molar-refractivity contribution < 1.29 is 18.7 Å². The molecule has 6 nitrogen and oxygen atoms in total. The second-order valence-electron chi connectivity index (χ2n) is 7.07. The van der Waals surface area contributed by atoms with Gasteiger partial charge >= 0.3 is 0 Å². The third kappa shape index (κ3) is 3.29. The van der Waals surface area contributed by atoms with Crippen LogP contribution >= 0.6 is 0 Å². The van der Waals surface area contributed by atoms with Gasteiger partial charge in [0.15, 0.2) is 5.43 Å². The molecular weight excluding hydrogens is 370 g/mol. The lowest BCUT2D eigenvalue weighted by molar-refractivity contribution is 0.0663. The Morgan fingerprint density at radius 3 is 2.55 bits per heavy atom. The van der Waals surface area contributed by atoms with E-state index >= 15 is 0 Å². The molecule has 2 heterocycles. The van der Waals surface area contributed by atoms with Crippen LogP contribution in [-0.2, 0) is 4.74 Å². The molecule has 1 aliphatic rings. The largest absolute Gasteiger partial charge is 0.494 e. The van der Waals surface area contributed by atoms with Crippen LogP contribution in [-0.4, -0.2) is 37.7 Å². The van der Waals surface area contributed by atoms with Crippen LogP contribution in [0.25, 0.3) is 11.0 Å². The Bertz CT molecular complexity index is 1120. The fourth-order valence-corrected chi connectivity index (χ4v) is 3.81. The number of aryl methyl sites for hydroxylation is 1. The van der Waals surface area contributed by atoms with Crippen LogP contribution in [0.15, 0.2) is 51.7 Å². The predicted molar refractivity (Wildman–Crippen MR) is 110 cm³/mol. The zero-order chi connectivity index (χ0) is 20.5. The molecule has 0 aliphatic carbocycles. The number of methoxy groups -OCH3 is 1. The van der Waals surface area contributed by atoms with E-state index in [2.05, 4.69) is 0 Å². The highest BCUT2D eigenvalue weighted by atomic mass is 16.5. The topological polar surface area (TPSA) is 69.0 Å². The van der Waals surface area contributed by atoms with Gasteiger partial charge in [0.25, 0.3) is 5.91 Å². The first-order valence-electron chi connectivity index (χ1n) is 9.65. The van der Waals surface area contributed by atoms with E-state index in [-0.39, 0.29) is 17.1 Å². The smallest absolute Gasteiger partial charge is 0.290 e. The van der Waals surface area contributed by atoms with Crippen molar-refractivity contribution in [1.29, 1.82) is 0 Å². The number of rotatable bonds is 6. The van der Waals surface area contributed by atoms with Gasteiger partial charge < -0.3 is 18.8 Å². The molecule has 0 saturated heterocycles. The van der Waals surface area contributed by atoms with Crippen molar-refractivity contribution >= 4 is 16.9 Å². The summed E-state index contributed by atoms with van der Waals surface area (Å²) in [6, 6.07) is 12.4. The van der Waals surface area contributed by atoms with E-state index in [0.717, 1.165) is 16.9 Å². The van der Waals surface area contributed by atoms with E-state index in [1.54, 1.807) is 24.1 Å². The Morgan fingerprint density at radius 2 is 1.86 bits per heavy atom. The van der Waals surface area contributed by atoms with Crippen LogP contribution in [0, 0.1) is 6.92 Å². The van der Waals surface area contributed by atoms with Gasteiger partial charge in [-0.3, -0.25) is 9.59 Å². The summed E-state index contributed by atoms with van der Waals surface area (Å²) in [5.74, 6) is 0.558. The molecular formula is C23H23NO5. The number of hydrogen-bond donors (Lipinski definition) is 0. The van der Waals surface area contributed by atoms with E-state index in [9.17, 15) is 9.59 Å². The van der Waals surface area contributed by atoms with Gasteiger partial charge in [0.2, 0.25) is 5.76 Å². The summed E-state index contributed by atoms with van der Waals surface area (Å²) in [5.41, 5.74) is 2.43. The summed E-state index contributed by atoms with van der Waals surface area (Å²) in [6.07, 6.45) is 0. The maximum absolute atomic E-state index is 13.4. The first kappa shape index (κ1) is 19.2.